The van der Waals surface area contributed by atoms with Crippen LogP contribution in [0.5, 0.6) is 0 Å². The summed E-state index contributed by atoms with van der Waals surface area (Å²) in [5.74, 6) is 0. The van der Waals surface area contributed by atoms with E-state index >= 15 is 0 Å². The minimum Gasteiger partial charge on any atom is -0.324 e. The van der Waals surface area contributed by atoms with Crippen molar-refractivity contribution in [2.24, 2.45) is 12.8 Å². The predicted octanol–water partition coefficient (Wildman–Crippen LogP) is 2.69. The van der Waals surface area contributed by atoms with E-state index in [0.717, 1.165) is 12.1 Å². The van der Waals surface area contributed by atoms with Gasteiger partial charge in [-0.1, -0.05) is 12.1 Å². The predicted molar refractivity (Wildman–Crippen MR) is 76.8 cm³/mol. The number of aryl methyl sites for hydroxylation is 2. The third kappa shape index (κ3) is 2.94. The molecule has 1 aromatic heterocycles. The van der Waals surface area contributed by atoms with Crippen molar-refractivity contribution in [2.45, 2.75) is 24.3 Å². The summed E-state index contributed by atoms with van der Waals surface area (Å²) in [6, 6.07) is 10.6. The van der Waals surface area contributed by atoms with E-state index in [0.29, 0.717) is 0 Å². The van der Waals surface area contributed by atoms with Crippen LogP contribution in [0.2, 0.25) is 0 Å². The van der Waals surface area contributed by atoms with Gasteiger partial charge in [-0.2, -0.15) is 5.10 Å². The monoisotopic (exact) mass is 261 g/mol. The minimum absolute atomic E-state index is 0.0238. The highest BCUT2D eigenvalue weighted by Gasteiger charge is 2.10. The largest absolute Gasteiger partial charge is 0.324 e. The smallest absolute Gasteiger partial charge is 0.0596 e. The zero-order chi connectivity index (χ0) is 13.1. The molecule has 1 aromatic carbocycles. The van der Waals surface area contributed by atoms with Crippen LogP contribution >= 0.6 is 11.8 Å². The number of nitrogens with two attached hydrogens (primary N) is 1. The lowest BCUT2D eigenvalue weighted by atomic mass is 10.0. The third-order valence-corrected chi connectivity index (χ3v) is 3.82. The number of nitrogens with zero attached hydrogens (tertiary/aromatic N) is 2. The molecule has 2 N–H and O–H groups in total. The van der Waals surface area contributed by atoms with Crippen LogP contribution in [0.25, 0.3) is 0 Å². The number of hydrogen-bond acceptors (Lipinski definition) is 3. The lowest BCUT2D eigenvalue weighted by Gasteiger charge is -2.12. The van der Waals surface area contributed by atoms with Crippen molar-refractivity contribution >= 4 is 11.8 Å². The fourth-order valence-electron chi connectivity index (χ4n) is 2.05. The first-order valence-corrected chi connectivity index (χ1v) is 7.21. The Morgan fingerprint density at radius 3 is 2.50 bits per heavy atom. The molecule has 2 aromatic rings. The summed E-state index contributed by atoms with van der Waals surface area (Å²) in [4.78, 5) is 1.27. The molecule has 0 aliphatic carbocycles. The average Bonchev–Trinajstić information content (AvgIpc) is 2.68. The van der Waals surface area contributed by atoms with Crippen molar-refractivity contribution in [1.29, 1.82) is 0 Å². The quantitative estimate of drug-likeness (QED) is 0.861. The second-order valence-electron chi connectivity index (χ2n) is 4.48. The Labute approximate surface area is 112 Å². The highest BCUT2D eigenvalue weighted by molar-refractivity contribution is 7.98. The van der Waals surface area contributed by atoms with E-state index in [9.17, 15) is 0 Å². The Balaban J connectivity index is 2.11. The van der Waals surface area contributed by atoms with E-state index in [1.807, 2.05) is 18.7 Å². The van der Waals surface area contributed by atoms with Crippen molar-refractivity contribution in [3.63, 3.8) is 0 Å². The molecule has 0 radical (unpaired) electrons. The van der Waals surface area contributed by atoms with Gasteiger partial charge in [0.1, 0.15) is 0 Å². The van der Waals surface area contributed by atoms with E-state index in [-0.39, 0.29) is 6.04 Å². The Kier molecular flexibility index (Phi) is 4.09. The van der Waals surface area contributed by atoms with E-state index in [2.05, 4.69) is 41.7 Å². The van der Waals surface area contributed by atoms with Gasteiger partial charge in [0.15, 0.2) is 0 Å². The molecule has 1 unspecified atom stereocenters. The topological polar surface area (TPSA) is 43.8 Å². The van der Waals surface area contributed by atoms with Gasteiger partial charge in [-0.15, -0.1) is 11.8 Å². The summed E-state index contributed by atoms with van der Waals surface area (Å²) in [5, 5.41) is 4.34. The fourth-order valence-corrected chi connectivity index (χ4v) is 2.46. The number of thioether (sulfide) groups is 1. The Morgan fingerprint density at radius 2 is 2.00 bits per heavy atom. The highest BCUT2D eigenvalue weighted by Crippen LogP contribution is 2.20. The lowest BCUT2D eigenvalue weighted by Crippen LogP contribution is -2.15. The maximum absolute atomic E-state index is 6.25. The van der Waals surface area contributed by atoms with Crippen molar-refractivity contribution in [1.82, 2.24) is 9.78 Å². The van der Waals surface area contributed by atoms with Crippen molar-refractivity contribution < 1.29 is 0 Å². The van der Waals surface area contributed by atoms with Crippen molar-refractivity contribution in [3.05, 3.63) is 47.3 Å². The molecule has 4 heteroatoms. The van der Waals surface area contributed by atoms with Crippen LogP contribution in [0.1, 0.15) is 23.0 Å². The second kappa shape index (κ2) is 5.59. The molecule has 0 fully saturated rings. The van der Waals surface area contributed by atoms with Gasteiger partial charge in [0.2, 0.25) is 0 Å². The Bertz CT molecular complexity index is 516. The molecule has 0 saturated heterocycles. The summed E-state index contributed by atoms with van der Waals surface area (Å²) in [7, 11) is 1.96. The van der Waals surface area contributed by atoms with Gasteiger partial charge >= 0.3 is 0 Å². The number of benzene rings is 1. The van der Waals surface area contributed by atoms with Gasteiger partial charge < -0.3 is 5.73 Å². The molecule has 2 rings (SSSR count). The molecular weight excluding hydrogens is 242 g/mol. The van der Waals surface area contributed by atoms with Gasteiger partial charge in [-0.3, -0.25) is 4.68 Å². The lowest BCUT2D eigenvalue weighted by molar-refractivity contribution is 0.639. The Hall–Kier alpha value is -1.26. The van der Waals surface area contributed by atoms with E-state index in [4.69, 9.17) is 5.73 Å². The molecule has 0 saturated carbocycles. The summed E-state index contributed by atoms with van der Waals surface area (Å²) in [6.45, 7) is 2.00. The summed E-state index contributed by atoms with van der Waals surface area (Å²) in [5.41, 5.74) is 9.64. The maximum Gasteiger partial charge on any atom is 0.0596 e. The molecule has 0 aliphatic rings. The zero-order valence-corrected chi connectivity index (χ0v) is 11.9. The number of aromatic nitrogens is 2. The molecule has 1 heterocycles. The molecule has 1 atom stereocenters. The van der Waals surface area contributed by atoms with Gasteiger partial charge in [-0.25, -0.2) is 0 Å². The fraction of sp³-hybridized carbons (Fsp3) is 0.357. The van der Waals surface area contributed by atoms with Crippen molar-refractivity contribution in [2.75, 3.05) is 6.26 Å². The molecule has 0 bridgehead atoms. The van der Waals surface area contributed by atoms with E-state index < -0.39 is 0 Å². The van der Waals surface area contributed by atoms with Crippen LogP contribution in [0, 0.1) is 6.92 Å². The first kappa shape index (κ1) is 13.2. The van der Waals surface area contributed by atoms with Gasteiger partial charge in [0, 0.05) is 30.1 Å². The molecule has 0 amide bonds. The number of hydrogen-bond donors (Lipinski definition) is 1. The van der Waals surface area contributed by atoms with E-state index in [1.165, 1.54) is 16.2 Å². The van der Waals surface area contributed by atoms with Gasteiger partial charge in [0.05, 0.1) is 5.69 Å². The molecule has 0 spiro atoms. The van der Waals surface area contributed by atoms with Crippen LogP contribution in [-0.2, 0) is 13.5 Å². The average molecular weight is 261 g/mol. The second-order valence-corrected chi connectivity index (χ2v) is 5.36. The first-order chi connectivity index (χ1) is 8.60. The van der Waals surface area contributed by atoms with Crippen LogP contribution in [0.3, 0.4) is 0 Å². The van der Waals surface area contributed by atoms with Gasteiger partial charge in [0.25, 0.3) is 0 Å². The SMILES string of the molecule is CSc1ccc(C(N)Cc2cc(C)nn2C)cc1. The number of rotatable bonds is 4. The molecule has 18 heavy (non-hydrogen) atoms. The van der Waals surface area contributed by atoms with Gasteiger partial charge in [-0.05, 0) is 36.9 Å². The molecular formula is C14H19N3S. The van der Waals surface area contributed by atoms with Crippen LogP contribution in [0.4, 0.5) is 0 Å². The molecule has 96 valence electrons. The first-order valence-electron chi connectivity index (χ1n) is 5.99. The van der Waals surface area contributed by atoms with Crippen LogP contribution < -0.4 is 5.73 Å². The van der Waals surface area contributed by atoms with E-state index in [1.54, 1.807) is 11.8 Å². The Morgan fingerprint density at radius 1 is 1.33 bits per heavy atom. The zero-order valence-electron chi connectivity index (χ0n) is 11.1. The third-order valence-electron chi connectivity index (χ3n) is 3.07. The standard InChI is InChI=1S/C14H19N3S/c1-10-8-12(17(2)16-10)9-14(15)11-4-6-13(18-3)7-5-11/h4-8,14H,9,15H2,1-3H3. The molecule has 0 aliphatic heterocycles. The normalized spacial score (nSPS) is 12.7. The molecule has 3 nitrogen and oxygen atoms in total. The highest BCUT2D eigenvalue weighted by atomic mass is 32.2. The van der Waals surface area contributed by atoms with Crippen LogP contribution in [0.15, 0.2) is 35.2 Å². The summed E-state index contributed by atoms with van der Waals surface area (Å²) >= 11 is 1.74. The van der Waals surface area contributed by atoms with Crippen LogP contribution in [-0.4, -0.2) is 16.0 Å². The maximum atomic E-state index is 6.25. The van der Waals surface area contributed by atoms with Crippen molar-refractivity contribution in [3.8, 4) is 0 Å². The summed E-state index contributed by atoms with van der Waals surface area (Å²) in [6.07, 6.45) is 2.89. The minimum atomic E-state index is 0.0238. The summed E-state index contributed by atoms with van der Waals surface area (Å²) < 4.78 is 1.91.